The van der Waals surface area contributed by atoms with Crippen LogP contribution in [0.25, 0.3) is 0 Å². The summed E-state index contributed by atoms with van der Waals surface area (Å²) in [7, 11) is 0. The zero-order valence-corrected chi connectivity index (χ0v) is 25.5. The normalized spacial score (nSPS) is 16.1. The number of hydrogen-bond donors (Lipinski definition) is 5. The van der Waals surface area contributed by atoms with Gasteiger partial charge < -0.3 is 31.7 Å². The third kappa shape index (κ3) is 12.0. The lowest BCUT2D eigenvalue weighted by molar-refractivity contribution is -0.139. The van der Waals surface area contributed by atoms with Gasteiger partial charge in [0.15, 0.2) is 1.37 Å². The number of amides is 7. The zero-order valence-electron chi connectivity index (χ0n) is 26.5. The van der Waals surface area contributed by atoms with E-state index in [0.29, 0.717) is 43.5 Å². The maximum absolute atomic E-state index is 13.3. The van der Waals surface area contributed by atoms with E-state index in [1.807, 2.05) is 0 Å². The molecule has 14 heteroatoms. The summed E-state index contributed by atoms with van der Waals surface area (Å²) >= 11 is 0. The van der Waals surface area contributed by atoms with Crippen LogP contribution < -0.4 is 27.0 Å². The van der Waals surface area contributed by atoms with Gasteiger partial charge in [-0.3, -0.25) is 33.7 Å². The Morgan fingerprint density at radius 2 is 1.77 bits per heavy atom. The van der Waals surface area contributed by atoms with Crippen molar-refractivity contribution in [2.24, 2.45) is 17.6 Å². The molecule has 0 spiro atoms. The molecule has 1 fully saturated rings. The SMILES string of the molecule is [2H]C(=O)OCc1ccc(NC(=O)[C@H](CCCNC(N)=O)NC(=O)[C@@H](NC(=O)CCCCCN2C(=O)CC(C)C2=O)C(C)C)cc1. The Morgan fingerprint density at radius 1 is 1.07 bits per heavy atom. The molecular formula is C30H44N6O8. The lowest BCUT2D eigenvalue weighted by Crippen LogP contribution is -2.54. The number of carbonyl (C=O) groups is 7. The third-order valence-electron chi connectivity index (χ3n) is 7.14. The van der Waals surface area contributed by atoms with Crippen molar-refractivity contribution in [3.63, 3.8) is 0 Å². The molecule has 1 aliphatic heterocycles. The smallest absolute Gasteiger partial charge is 0.312 e. The predicted octanol–water partition coefficient (Wildman–Crippen LogP) is 1.33. The Morgan fingerprint density at radius 3 is 2.36 bits per heavy atom. The molecule has 14 nitrogen and oxygen atoms in total. The highest BCUT2D eigenvalue weighted by Crippen LogP contribution is 2.19. The molecule has 3 atom stereocenters. The molecule has 0 saturated carbocycles. The molecule has 1 heterocycles. The van der Waals surface area contributed by atoms with Crippen molar-refractivity contribution in [2.75, 3.05) is 18.4 Å². The van der Waals surface area contributed by atoms with Crippen molar-refractivity contribution in [2.45, 2.75) is 84.4 Å². The summed E-state index contributed by atoms with van der Waals surface area (Å²) in [5.74, 6) is -2.33. The van der Waals surface area contributed by atoms with Crippen molar-refractivity contribution in [3.8, 4) is 0 Å². The summed E-state index contributed by atoms with van der Waals surface area (Å²) in [6.07, 6.45) is 1.41. The van der Waals surface area contributed by atoms with Crippen LogP contribution in [0.15, 0.2) is 24.3 Å². The van der Waals surface area contributed by atoms with Crippen LogP contribution >= 0.6 is 0 Å². The molecule has 1 aromatic rings. The van der Waals surface area contributed by atoms with Gasteiger partial charge in [-0.2, -0.15) is 0 Å². The summed E-state index contributed by atoms with van der Waals surface area (Å²) in [5, 5.41) is 10.6. The second-order valence-corrected chi connectivity index (χ2v) is 11.1. The van der Waals surface area contributed by atoms with Gasteiger partial charge in [0.2, 0.25) is 29.5 Å². The minimum absolute atomic E-state index is 0.0929. The number of primary amides is 1. The average Bonchev–Trinajstić information content (AvgIpc) is 3.21. The van der Waals surface area contributed by atoms with Gasteiger partial charge in [-0.1, -0.05) is 39.3 Å². The van der Waals surface area contributed by atoms with Gasteiger partial charge >= 0.3 is 6.03 Å². The molecule has 0 radical (unpaired) electrons. The highest BCUT2D eigenvalue weighted by atomic mass is 16.5. The summed E-state index contributed by atoms with van der Waals surface area (Å²) in [6.45, 7) is 5.67. The predicted molar refractivity (Wildman–Crippen MR) is 160 cm³/mol. The van der Waals surface area contributed by atoms with E-state index in [1.165, 1.54) is 4.90 Å². The minimum Gasteiger partial charge on any atom is -0.463 e. The molecule has 1 aromatic carbocycles. The van der Waals surface area contributed by atoms with Gasteiger partial charge in [0.25, 0.3) is 6.45 Å². The van der Waals surface area contributed by atoms with Gasteiger partial charge in [-0.05, 0) is 49.3 Å². The van der Waals surface area contributed by atoms with E-state index in [1.54, 1.807) is 45.0 Å². The second kappa shape index (κ2) is 18.2. The largest absolute Gasteiger partial charge is 0.463 e. The Bertz CT molecular complexity index is 1230. The van der Waals surface area contributed by atoms with E-state index in [-0.39, 0.29) is 62.0 Å². The lowest BCUT2D eigenvalue weighted by atomic mass is 10.0. The molecule has 0 bridgehead atoms. The molecular weight excluding hydrogens is 572 g/mol. The van der Waals surface area contributed by atoms with Crippen LogP contribution in [0, 0.1) is 11.8 Å². The van der Waals surface area contributed by atoms with Crippen molar-refractivity contribution in [1.29, 1.82) is 0 Å². The second-order valence-electron chi connectivity index (χ2n) is 11.1. The number of likely N-dealkylation sites (tertiary alicyclic amines) is 1. The Balaban J connectivity index is 1.93. The van der Waals surface area contributed by atoms with E-state index >= 15 is 0 Å². The molecule has 1 unspecified atom stereocenters. The molecule has 7 amide bonds. The fourth-order valence-electron chi connectivity index (χ4n) is 4.67. The van der Waals surface area contributed by atoms with Crippen molar-refractivity contribution in [1.82, 2.24) is 20.9 Å². The fraction of sp³-hybridized carbons (Fsp3) is 0.567. The van der Waals surface area contributed by atoms with Crippen LogP contribution in [0.2, 0.25) is 0 Å². The first-order valence-electron chi connectivity index (χ1n) is 15.3. The van der Waals surface area contributed by atoms with Gasteiger partial charge in [0, 0.05) is 37.5 Å². The maximum atomic E-state index is 13.3. The van der Waals surface area contributed by atoms with Gasteiger partial charge in [0.05, 0.1) is 0 Å². The number of unbranched alkanes of at least 4 members (excludes halogenated alkanes) is 2. The van der Waals surface area contributed by atoms with Crippen LogP contribution in [0.3, 0.4) is 0 Å². The molecule has 0 aromatic heterocycles. The molecule has 1 aliphatic rings. The third-order valence-corrected chi connectivity index (χ3v) is 7.14. The van der Waals surface area contributed by atoms with E-state index < -0.39 is 36.4 Å². The summed E-state index contributed by atoms with van der Waals surface area (Å²) in [4.78, 5) is 86.1. The Hall–Kier alpha value is -4.49. The highest BCUT2D eigenvalue weighted by Gasteiger charge is 2.35. The first-order chi connectivity index (χ1) is 21.3. The summed E-state index contributed by atoms with van der Waals surface area (Å²) < 4.78 is 11.4. The number of nitrogens with zero attached hydrogens (tertiary/aromatic N) is 1. The van der Waals surface area contributed by atoms with E-state index in [4.69, 9.17) is 7.10 Å². The summed E-state index contributed by atoms with van der Waals surface area (Å²) in [5.41, 5.74) is 6.13. The quantitative estimate of drug-likeness (QED) is 0.0920. The number of hydrogen-bond acceptors (Lipinski definition) is 8. The molecule has 44 heavy (non-hydrogen) atoms. The molecule has 242 valence electrons. The number of nitrogens with two attached hydrogens (primary N) is 1. The number of rotatable bonds is 18. The van der Waals surface area contributed by atoms with Gasteiger partial charge in [-0.15, -0.1) is 0 Å². The van der Waals surface area contributed by atoms with E-state index in [9.17, 15) is 33.6 Å². The maximum Gasteiger partial charge on any atom is 0.312 e. The first-order valence-corrected chi connectivity index (χ1v) is 14.8. The Kier molecular flexibility index (Phi) is 14.1. The molecule has 6 N–H and O–H groups in total. The first kappa shape index (κ1) is 34.0. The van der Waals surface area contributed by atoms with Crippen molar-refractivity contribution in [3.05, 3.63) is 29.8 Å². The molecule has 1 saturated heterocycles. The van der Waals surface area contributed by atoms with Gasteiger partial charge in [0.1, 0.15) is 18.7 Å². The number of carbonyl (C=O) groups excluding carboxylic acids is 7. The number of anilines is 1. The summed E-state index contributed by atoms with van der Waals surface area (Å²) in [6, 6.07) is 3.74. The van der Waals surface area contributed by atoms with Crippen LogP contribution in [0.4, 0.5) is 10.5 Å². The van der Waals surface area contributed by atoms with E-state index in [2.05, 4.69) is 26.0 Å². The number of urea groups is 1. The molecule has 2 rings (SSSR count). The van der Waals surface area contributed by atoms with Crippen LogP contribution in [0.5, 0.6) is 0 Å². The highest BCUT2D eigenvalue weighted by molar-refractivity contribution is 6.03. The number of ether oxygens (including phenoxy) is 1. The molecule has 0 aliphatic carbocycles. The minimum atomic E-state index is -1.16. The van der Waals surface area contributed by atoms with Gasteiger partial charge in [-0.25, -0.2) is 4.79 Å². The standard InChI is InChI=1S/C30H44N6O8/c1-19(2)26(35-24(38)9-5-4-6-15-36-25(39)16-20(3)29(36)42)28(41)34-23(8-7-14-32-30(31)43)27(40)33-22-12-10-21(11-13-22)17-44-18-37/h10-13,18-20,23,26H,4-9,14-17H2,1-3H3,(H,33,40)(H,34,41)(H,35,38)(H3,31,32,43)/t20?,23-,26-/m0/s1/i18D. The van der Waals surface area contributed by atoms with Crippen molar-refractivity contribution < 1.29 is 39.7 Å². The zero-order chi connectivity index (χ0) is 33.5. The van der Waals surface area contributed by atoms with Crippen LogP contribution in [-0.2, 0) is 40.1 Å². The van der Waals surface area contributed by atoms with E-state index in [0.717, 1.165) is 0 Å². The Labute approximate surface area is 258 Å². The fourth-order valence-corrected chi connectivity index (χ4v) is 4.67. The van der Waals surface area contributed by atoms with Crippen molar-refractivity contribution >= 4 is 47.7 Å². The topological polar surface area (TPSA) is 206 Å². The number of benzene rings is 1. The van der Waals surface area contributed by atoms with Crippen LogP contribution in [0.1, 0.15) is 72.7 Å². The average molecular weight is 618 g/mol. The lowest BCUT2D eigenvalue weighted by Gasteiger charge is -2.25. The number of nitrogens with one attached hydrogen (secondary N) is 4. The number of imide groups is 1. The monoisotopic (exact) mass is 617 g/mol. The van der Waals surface area contributed by atoms with Crippen LogP contribution in [-0.4, -0.2) is 72.1 Å².